The Morgan fingerprint density at radius 1 is 0.588 bits per heavy atom. The van der Waals surface area contributed by atoms with Crippen LogP contribution in [0.2, 0.25) is 0 Å². The molecule has 0 aliphatic rings. The molecule has 0 fully saturated rings. The summed E-state index contributed by atoms with van der Waals surface area (Å²) >= 11 is 0. The summed E-state index contributed by atoms with van der Waals surface area (Å²) in [6, 6.07) is 13.7. The number of ether oxygens (including phenoxy) is 4. The zero-order valence-corrected chi connectivity index (χ0v) is 21.2. The van der Waals surface area contributed by atoms with E-state index in [1.165, 1.54) is 0 Å². The minimum absolute atomic E-state index is 0.412. The minimum atomic E-state index is -0.614. The van der Waals surface area contributed by atoms with Crippen molar-refractivity contribution in [3.8, 4) is 11.5 Å². The Labute approximate surface area is 203 Å². The first-order chi connectivity index (χ1) is 16.2. The molecule has 0 unspecified atom stereocenters. The van der Waals surface area contributed by atoms with Crippen LogP contribution in [0, 0.1) is 11.8 Å². The van der Waals surface area contributed by atoms with Gasteiger partial charge < -0.3 is 18.9 Å². The molecule has 0 saturated heterocycles. The molecule has 0 N–H and O–H groups in total. The third-order valence-corrected chi connectivity index (χ3v) is 5.35. The van der Waals surface area contributed by atoms with Crippen molar-refractivity contribution in [2.45, 2.75) is 66.6 Å². The average Bonchev–Trinajstić information content (AvgIpc) is 2.79. The number of benzene rings is 2. The zero-order chi connectivity index (χ0) is 25.1. The second kappa shape index (κ2) is 13.6. The van der Waals surface area contributed by atoms with E-state index in [9.17, 15) is 9.59 Å². The lowest BCUT2D eigenvalue weighted by Gasteiger charge is -2.21. The van der Waals surface area contributed by atoms with Gasteiger partial charge in [-0.25, -0.2) is 9.59 Å². The van der Waals surface area contributed by atoms with Gasteiger partial charge in [-0.15, -0.1) is 0 Å². The van der Waals surface area contributed by atoms with Gasteiger partial charge in [-0.05, 0) is 87.1 Å². The maximum atomic E-state index is 12.5. The van der Waals surface area contributed by atoms with Crippen LogP contribution >= 0.6 is 0 Å². The Kier molecular flexibility index (Phi) is 10.9. The van der Waals surface area contributed by atoms with Gasteiger partial charge in [-0.1, -0.05) is 27.7 Å². The topological polar surface area (TPSA) is 71.1 Å². The summed E-state index contributed by atoms with van der Waals surface area (Å²) in [7, 11) is 0. The first-order valence-corrected chi connectivity index (χ1v) is 12.0. The molecular formula is C28H38O6. The first-order valence-electron chi connectivity index (χ1n) is 12.0. The van der Waals surface area contributed by atoms with Crippen molar-refractivity contribution in [3.05, 3.63) is 59.7 Å². The molecule has 0 radical (unpaired) electrons. The van der Waals surface area contributed by atoms with Gasteiger partial charge in [0.05, 0.1) is 24.3 Å². The molecule has 0 amide bonds. The van der Waals surface area contributed by atoms with Crippen LogP contribution in [0.3, 0.4) is 0 Å². The minimum Gasteiger partial charge on any atom is -0.494 e. The van der Waals surface area contributed by atoms with Crippen molar-refractivity contribution < 1.29 is 28.5 Å². The molecule has 2 atom stereocenters. The molecule has 6 nitrogen and oxygen atoms in total. The van der Waals surface area contributed by atoms with Crippen LogP contribution in [0.25, 0.3) is 0 Å². The highest BCUT2D eigenvalue weighted by atomic mass is 16.6. The van der Waals surface area contributed by atoms with Crippen molar-refractivity contribution in [1.82, 2.24) is 0 Å². The second-order valence-corrected chi connectivity index (χ2v) is 9.33. The molecule has 2 aromatic rings. The Hall–Kier alpha value is -3.02. The van der Waals surface area contributed by atoms with Crippen LogP contribution in [0.1, 0.15) is 75.1 Å². The number of hydrogen-bond acceptors (Lipinski definition) is 6. The van der Waals surface area contributed by atoms with Crippen LogP contribution in [0.5, 0.6) is 11.5 Å². The van der Waals surface area contributed by atoms with E-state index in [1.54, 1.807) is 62.4 Å². The molecule has 2 aromatic carbocycles. The molecule has 0 saturated carbocycles. The van der Waals surface area contributed by atoms with E-state index >= 15 is 0 Å². The van der Waals surface area contributed by atoms with Gasteiger partial charge in [0.1, 0.15) is 23.7 Å². The molecular weight excluding hydrogens is 432 g/mol. The summed E-state index contributed by atoms with van der Waals surface area (Å²) in [6.07, 6.45) is 0.705. The summed E-state index contributed by atoms with van der Waals surface area (Å²) < 4.78 is 22.3. The van der Waals surface area contributed by atoms with Crippen molar-refractivity contribution in [2.75, 3.05) is 13.2 Å². The third kappa shape index (κ3) is 9.46. The summed E-state index contributed by atoms with van der Waals surface area (Å²) in [6.45, 7) is 13.2. The lowest BCUT2D eigenvalue weighted by atomic mass is 10.1. The van der Waals surface area contributed by atoms with Gasteiger partial charge in [0, 0.05) is 0 Å². The molecule has 0 aliphatic heterocycles. The number of carbonyl (C=O) groups is 2. The predicted molar refractivity (Wildman–Crippen MR) is 133 cm³/mol. The Morgan fingerprint density at radius 3 is 1.21 bits per heavy atom. The highest BCUT2D eigenvalue weighted by Crippen LogP contribution is 2.18. The second-order valence-electron chi connectivity index (χ2n) is 9.33. The lowest BCUT2D eigenvalue weighted by molar-refractivity contribution is -0.0239. The maximum Gasteiger partial charge on any atom is 0.338 e. The maximum absolute atomic E-state index is 12.5. The fraction of sp³-hybridized carbons (Fsp3) is 0.500. The van der Waals surface area contributed by atoms with E-state index in [0.717, 1.165) is 12.8 Å². The van der Waals surface area contributed by atoms with Gasteiger partial charge in [-0.2, -0.15) is 0 Å². The quantitative estimate of drug-likeness (QED) is 0.319. The largest absolute Gasteiger partial charge is 0.494 e. The normalized spacial score (nSPS) is 12.8. The monoisotopic (exact) mass is 470 g/mol. The Morgan fingerprint density at radius 2 is 0.912 bits per heavy atom. The van der Waals surface area contributed by atoms with E-state index in [-0.39, 0.29) is 0 Å². The number of esters is 2. The molecule has 0 heterocycles. The first kappa shape index (κ1) is 27.2. The van der Waals surface area contributed by atoms with E-state index in [2.05, 4.69) is 27.7 Å². The molecule has 186 valence electrons. The molecule has 0 bridgehead atoms. The van der Waals surface area contributed by atoms with Gasteiger partial charge in [-0.3, -0.25) is 0 Å². The molecule has 0 aliphatic carbocycles. The molecule has 0 spiro atoms. The van der Waals surface area contributed by atoms with Crippen LogP contribution < -0.4 is 9.47 Å². The van der Waals surface area contributed by atoms with Gasteiger partial charge in [0.15, 0.2) is 0 Å². The van der Waals surface area contributed by atoms with Crippen LogP contribution in [0.4, 0.5) is 0 Å². The number of hydrogen-bond donors (Lipinski definition) is 0. The molecule has 6 heteroatoms. The standard InChI is InChI=1S/C28H38O6/c1-19(2)15-17-31-25-11-7-23(8-12-25)27(29)33-21(5)22(6)34-28(30)24-9-13-26(14-10-24)32-18-16-20(3)4/h7-14,19-22H,15-18H2,1-6H3/t21-,22-/m0/s1. The third-order valence-electron chi connectivity index (χ3n) is 5.35. The summed E-state index contributed by atoms with van der Waals surface area (Å²) in [5.74, 6) is 1.60. The lowest BCUT2D eigenvalue weighted by Crippen LogP contribution is -2.30. The smallest absolute Gasteiger partial charge is 0.338 e. The van der Waals surface area contributed by atoms with E-state index in [0.29, 0.717) is 47.7 Å². The zero-order valence-electron chi connectivity index (χ0n) is 21.2. The summed E-state index contributed by atoms with van der Waals surface area (Å²) in [5.41, 5.74) is 0.823. The van der Waals surface area contributed by atoms with Crippen LogP contribution in [-0.2, 0) is 9.47 Å². The van der Waals surface area contributed by atoms with Crippen molar-refractivity contribution in [3.63, 3.8) is 0 Å². The van der Waals surface area contributed by atoms with E-state index in [1.807, 2.05) is 0 Å². The van der Waals surface area contributed by atoms with Gasteiger partial charge in [0.25, 0.3) is 0 Å². The summed E-state index contributed by atoms with van der Waals surface area (Å²) in [4.78, 5) is 25.0. The van der Waals surface area contributed by atoms with Crippen LogP contribution in [0.15, 0.2) is 48.5 Å². The van der Waals surface area contributed by atoms with E-state index in [4.69, 9.17) is 18.9 Å². The fourth-order valence-corrected chi connectivity index (χ4v) is 2.86. The number of rotatable bonds is 13. The molecule has 34 heavy (non-hydrogen) atoms. The highest BCUT2D eigenvalue weighted by molar-refractivity contribution is 5.90. The number of carbonyl (C=O) groups excluding carboxylic acids is 2. The Bertz CT molecular complexity index is 811. The van der Waals surface area contributed by atoms with Gasteiger partial charge in [0.2, 0.25) is 0 Å². The predicted octanol–water partition coefficient (Wildman–Crippen LogP) is 6.33. The summed E-state index contributed by atoms with van der Waals surface area (Å²) in [5, 5.41) is 0. The Balaban J connectivity index is 1.81. The van der Waals surface area contributed by atoms with Gasteiger partial charge >= 0.3 is 11.9 Å². The average molecular weight is 471 g/mol. The highest BCUT2D eigenvalue weighted by Gasteiger charge is 2.22. The van der Waals surface area contributed by atoms with Crippen molar-refractivity contribution >= 4 is 11.9 Å². The molecule has 0 aromatic heterocycles. The fourth-order valence-electron chi connectivity index (χ4n) is 2.86. The van der Waals surface area contributed by atoms with Crippen molar-refractivity contribution in [1.29, 1.82) is 0 Å². The van der Waals surface area contributed by atoms with E-state index < -0.39 is 24.1 Å². The van der Waals surface area contributed by atoms with Crippen molar-refractivity contribution in [2.24, 2.45) is 11.8 Å². The molecule has 2 rings (SSSR count). The van der Waals surface area contributed by atoms with Crippen LogP contribution in [-0.4, -0.2) is 37.4 Å². The SMILES string of the molecule is CC(C)CCOc1ccc(C(=O)O[C@@H](C)[C@H](C)OC(=O)c2ccc(OCCC(C)C)cc2)cc1.